The summed E-state index contributed by atoms with van der Waals surface area (Å²) in [6, 6.07) is 7.29. The first-order chi connectivity index (χ1) is 10.7. The highest BCUT2D eigenvalue weighted by Crippen LogP contribution is 2.35. The molecule has 3 rings (SSSR count). The molecule has 0 unspecified atom stereocenters. The van der Waals surface area contributed by atoms with E-state index in [4.69, 9.17) is 4.74 Å². The lowest BCUT2D eigenvalue weighted by Crippen LogP contribution is -2.47. The molecule has 2 aromatic rings. The smallest absolute Gasteiger partial charge is 0.252 e. The lowest BCUT2D eigenvalue weighted by atomic mass is 9.81. The number of tetrazole rings is 1. The monoisotopic (exact) mass is 301 g/mol. The van der Waals surface area contributed by atoms with Crippen LogP contribution in [0.15, 0.2) is 30.6 Å². The molecule has 1 amide bonds. The van der Waals surface area contributed by atoms with Crippen LogP contribution in [0.25, 0.3) is 0 Å². The zero-order valence-corrected chi connectivity index (χ0v) is 12.5. The minimum absolute atomic E-state index is 0.0651. The molecule has 0 saturated heterocycles. The first kappa shape index (κ1) is 14.5. The lowest BCUT2D eigenvalue weighted by molar-refractivity contribution is -0.126. The molecule has 1 aliphatic rings. The fraction of sp³-hybridized carbons (Fsp3) is 0.467. The maximum absolute atomic E-state index is 12.9. The van der Waals surface area contributed by atoms with Gasteiger partial charge in [0.25, 0.3) is 5.91 Å². The van der Waals surface area contributed by atoms with Crippen LogP contribution >= 0.6 is 0 Å². The predicted molar refractivity (Wildman–Crippen MR) is 80.5 cm³/mol. The van der Waals surface area contributed by atoms with Crippen LogP contribution < -0.4 is 10.1 Å². The van der Waals surface area contributed by atoms with Crippen molar-refractivity contribution >= 4 is 11.6 Å². The Kier molecular flexibility index (Phi) is 4.04. The van der Waals surface area contributed by atoms with Crippen LogP contribution in [0.4, 0.5) is 5.69 Å². The summed E-state index contributed by atoms with van der Waals surface area (Å²) in [4.78, 5) is 12.9. The van der Waals surface area contributed by atoms with Crippen molar-refractivity contribution < 1.29 is 9.53 Å². The number of hydrogen-bond acceptors (Lipinski definition) is 5. The van der Waals surface area contributed by atoms with Crippen molar-refractivity contribution in [3.63, 3.8) is 0 Å². The van der Waals surface area contributed by atoms with Gasteiger partial charge in [-0.05, 0) is 47.5 Å². The van der Waals surface area contributed by atoms with Gasteiger partial charge in [-0.25, -0.2) is 4.68 Å². The van der Waals surface area contributed by atoms with Gasteiger partial charge in [0.05, 0.1) is 7.11 Å². The van der Waals surface area contributed by atoms with Gasteiger partial charge in [-0.15, -0.1) is 5.10 Å². The quantitative estimate of drug-likeness (QED) is 0.933. The Balaban J connectivity index is 1.83. The molecular weight excluding hydrogens is 282 g/mol. The van der Waals surface area contributed by atoms with Crippen LogP contribution in [0.5, 0.6) is 5.75 Å². The topological polar surface area (TPSA) is 81.9 Å². The Bertz CT molecular complexity index is 618. The summed E-state index contributed by atoms with van der Waals surface area (Å²) in [5.41, 5.74) is 0.0469. The Hall–Kier alpha value is -2.44. The van der Waals surface area contributed by atoms with Crippen LogP contribution in [0.1, 0.15) is 32.1 Å². The molecule has 1 N–H and O–H groups in total. The Labute approximate surface area is 128 Å². The Morgan fingerprint density at radius 3 is 2.55 bits per heavy atom. The van der Waals surface area contributed by atoms with Crippen molar-refractivity contribution in [1.29, 1.82) is 0 Å². The van der Waals surface area contributed by atoms with E-state index >= 15 is 0 Å². The maximum atomic E-state index is 12.9. The van der Waals surface area contributed by atoms with Crippen molar-refractivity contribution in [3.05, 3.63) is 30.6 Å². The van der Waals surface area contributed by atoms with Gasteiger partial charge >= 0.3 is 0 Å². The molecule has 0 spiro atoms. The third-order valence-corrected chi connectivity index (χ3v) is 4.24. The summed E-state index contributed by atoms with van der Waals surface area (Å²) in [5.74, 6) is 0.690. The number of hydrogen-bond donors (Lipinski definition) is 1. The molecule has 1 heterocycles. The van der Waals surface area contributed by atoms with E-state index in [9.17, 15) is 4.79 Å². The van der Waals surface area contributed by atoms with Crippen LogP contribution in [0.2, 0.25) is 0 Å². The fourth-order valence-electron chi connectivity index (χ4n) is 2.98. The van der Waals surface area contributed by atoms with E-state index in [-0.39, 0.29) is 5.91 Å². The van der Waals surface area contributed by atoms with Gasteiger partial charge in [0, 0.05) is 5.69 Å². The second kappa shape index (κ2) is 6.13. The summed E-state index contributed by atoms with van der Waals surface area (Å²) in [7, 11) is 1.61. The molecule has 0 atom stereocenters. The van der Waals surface area contributed by atoms with Gasteiger partial charge in [0.15, 0.2) is 0 Å². The number of rotatable bonds is 4. The van der Waals surface area contributed by atoms with E-state index in [0.29, 0.717) is 0 Å². The number of amides is 1. The van der Waals surface area contributed by atoms with E-state index in [2.05, 4.69) is 20.8 Å². The second-order valence-corrected chi connectivity index (χ2v) is 5.53. The zero-order chi connectivity index (χ0) is 15.4. The van der Waals surface area contributed by atoms with E-state index in [1.807, 2.05) is 24.3 Å². The second-order valence-electron chi connectivity index (χ2n) is 5.53. The summed E-state index contributed by atoms with van der Waals surface area (Å²) in [6.07, 6.45) is 6.16. The van der Waals surface area contributed by atoms with E-state index < -0.39 is 5.54 Å². The first-order valence-electron chi connectivity index (χ1n) is 7.43. The third-order valence-electron chi connectivity index (χ3n) is 4.24. The summed E-state index contributed by atoms with van der Waals surface area (Å²) in [6.45, 7) is 0. The number of nitrogens with one attached hydrogen (secondary N) is 1. The molecule has 0 bridgehead atoms. The normalized spacial score (nSPS) is 17.0. The molecule has 1 aliphatic carbocycles. The number of aromatic nitrogens is 4. The van der Waals surface area contributed by atoms with Crippen molar-refractivity contribution in [1.82, 2.24) is 20.2 Å². The van der Waals surface area contributed by atoms with Crippen LogP contribution in [-0.4, -0.2) is 33.2 Å². The van der Waals surface area contributed by atoms with Crippen molar-refractivity contribution in [2.75, 3.05) is 12.4 Å². The summed E-state index contributed by atoms with van der Waals surface area (Å²) in [5, 5.41) is 14.3. The largest absolute Gasteiger partial charge is 0.497 e. The zero-order valence-electron chi connectivity index (χ0n) is 12.5. The van der Waals surface area contributed by atoms with Crippen LogP contribution in [0.3, 0.4) is 0 Å². The number of anilines is 1. The van der Waals surface area contributed by atoms with Crippen LogP contribution in [-0.2, 0) is 10.3 Å². The number of carbonyl (C=O) groups is 1. The Morgan fingerprint density at radius 1 is 1.23 bits per heavy atom. The fourth-order valence-corrected chi connectivity index (χ4v) is 2.98. The van der Waals surface area contributed by atoms with Crippen molar-refractivity contribution in [2.24, 2.45) is 0 Å². The molecule has 1 saturated carbocycles. The molecule has 1 aromatic heterocycles. The highest BCUT2D eigenvalue weighted by Gasteiger charge is 2.42. The molecule has 116 valence electrons. The van der Waals surface area contributed by atoms with E-state index in [0.717, 1.165) is 43.5 Å². The minimum Gasteiger partial charge on any atom is -0.497 e. The van der Waals surface area contributed by atoms with Crippen molar-refractivity contribution in [3.8, 4) is 5.75 Å². The van der Waals surface area contributed by atoms with Gasteiger partial charge in [0.2, 0.25) is 0 Å². The van der Waals surface area contributed by atoms with Crippen LogP contribution in [0, 0.1) is 0 Å². The average Bonchev–Trinajstić information content (AvgIpc) is 3.11. The number of carbonyl (C=O) groups excluding carboxylic acids is 1. The summed E-state index contributed by atoms with van der Waals surface area (Å²) < 4.78 is 6.73. The standard InChI is InChI=1S/C15H19N5O2/c1-22-13-7-5-12(6-8-13)17-14(21)15(9-3-2-4-10-15)20-11-16-18-19-20/h5-8,11H,2-4,9-10H2,1H3,(H,17,21). The minimum atomic E-state index is -0.693. The molecule has 1 aromatic carbocycles. The number of ether oxygens (including phenoxy) is 1. The number of methoxy groups -OCH3 is 1. The van der Waals surface area contributed by atoms with Gasteiger partial charge in [-0.2, -0.15) is 0 Å². The van der Waals surface area contributed by atoms with Gasteiger partial charge in [-0.3, -0.25) is 4.79 Å². The highest BCUT2D eigenvalue weighted by molar-refractivity contribution is 5.96. The lowest BCUT2D eigenvalue weighted by Gasteiger charge is -2.35. The molecule has 7 nitrogen and oxygen atoms in total. The highest BCUT2D eigenvalue weighted by atomic mass is 16.5. The molecule has 22 heavy (non-hydrogen) atoms. The van der Waals surface area contributed by atoms with E-state index in [1.54, 1.807) is 11.8 Å². The molecule has 1 fully saturated rings. The SMILES string of the molecule is COc1ccc(NC(=O)C2(n3cnnn3)CCCCC2)cc1. The number of benzene rings is 1. The molecule has 0 radical (unpaired) electrons. The van der Waals surface area contributed by atoms with E-state index in [1.165, 1.54) is 6.33 Å². The van der Waals surface area contributed by atoms with Gasteiger partial charge < -0.3 is 10.1 Å². The molecular formula is C15H19N5O2. The first-order valence-corrected chi connectivity index (χ1v) is 7.43. The Morgan fingerprint density at radius 2 is 1.95 bits per heavy atom. The third kappa shape index (κ3) is 2.66. The summed E-state index contributed by atoms with van der Waals surface area (Å²) >= 11 is 0. The molecule has 0 aliphatic heterocycles. The number of nitrogens with zero attached hydrogens (tertiary/aromatic N) is 4. The molecule has 7 heteroatoms. The van der Waals surface area contributed by atoms with Gasteiger partial charge in [-0.1, -0.05) is 19.3 Å². The predicted octanol–water partition coefficient (Wildman–Crippen LogP) is 1.98. The maximum Gasteiger partial charge on any atom is 0.252 e. The average molecular weight is 301 g/mol. The van der Waals surface area contributed by atoms with Crippen molar-refractivity contribution in [2.45, 2.75) is 37.6 Å². The van der Waals surface area contributed by atoms with Gasteiger partial charge in [0.1, 0.15) is 17.6 Å².